The van der Waals surface area contributed by atoms with Crippen LogP contribution in [0.25, 0.3) is 11.5 Å². The van der Waals surface area contributed by atoms with E-state index in [0.29, 0.717) is 27.6 Å². The molecule has 0 radical (unpaired) electrons. The monoisotopic (exact) mass is 376 g/mol. The molecule has 1 heterocycles. The highest BCUT2D eigenvalue weighted by Gasteiger charge is 2.17. The summed E-state index contributed by atoms with van der Waals surface area (Å²) in [6.07, 6.45) is 0. The molecular formula is C17H13ClN2O4S. The van der Waals surface area contributed by atoms with E-state index in [1.54, 1.807) is 49.6 Å². The summed E-state index contributed by atoms with van der Waals surface area (Å²) in [5.74, 6) is 1.43. The molecule has 8 heteroatoms. The molecule has 1 aromatic heterocycles. The third-order valence-corrected chi connectivity index (χ3v) is 4.32. The first kappa shape index (κ1) is 17.3. The summed E-state index contributed by atoms with van der Waals surface area (Å²) in [5, 5.41) is 8.38. The molecule has 3 rings (SSSR count). The van der Waals surface area contributed by atoms with Gasteiger partial charge in [-0.3, -0.25) is 4.79 Å². The fourth-order valence-corrected chi connectivity index (χ4v) is 2.80. The molecule has 128 valence electrons. The number of ether oxygens (including phenoxy) is 2. The van der Waals surface area contributed by atoms with Gasteiger partial charge in [0, 0.05) is 28.4 Å². The molecule has 25 heavy (non-hydrogen) atoms. The standard InChI is InChI=1S/C17H13ClN2O4S/c1-22-12-7-8-13(14(9-12)23-2)15-19-20-17(24-15)25-16(21)10-3-5-11(18)6-4-10/h3-9H,1-2H3. The smallest absolute Gasteiger partial charge is 0.284 e. The average molecular weight is 377 g/mol. The van der Waals surface area contributed by atoms with Gasteiger partial charge in [0.05, 0.1) is 19.8 Å². The summed E-state index contributed by atoms with van der Waals surface area (Å²) >= 11 is 6.67. The number of halogens is 1. The van der Waals surface area contributed by atoms with E-state index in [-0.39, 0.29) is 16.2 Å². The Kier molecular flexibility index (Phi) is 5.25. The van der Waals surface area contributed by atoms with Crippen LogP contribution in [0.4, 0.5) is 0 Å². The summed E-state index contributed by atoms with van der Waals surface area (Å²) in [5.41, 5.74) is 1.11. The molecule has 2 aromatic carbocycles. The summed E-state index contributed by atoms with van der Waals surface area (Å²) in [4.78, 5) is 12.2. The van der Waals surface area contributed by atoms with Crippen LogP contribution in [0, 0.1) is 0 Å². The van der Waals surface area contributed by atoms with E-state index in [2.05, 4.69) is 10.2 Å². The number of thioether (sulfide) groups is 1. The molecule has 0 spiro atoms. The first-order valence-electron chi connectivity index (χ1n) is 7.14. The summed E-state index contributed by atoms with van der Waals surface area (Å²) < 4.78 is 16.1. The third kappa shape index (κ3) is 3.94. The molecule has 0 unspecified atom stereocenters. The molecule has 0 N–H and O–H groups in total. The maximum atomic E-state index is 12.2. The Morgan fingerprint density at radius 2 is 1.84 bits per heavy atom. The van der Waals surface area contributed by atoms with Crippen molar-refractivity contribution in [2.45, 2.75) is 5.22 Å². The molecule has 3 aromatic rings. The van der Waals surface area contributed by atoms with Gasteiger partial charge in [-0.15, -0.1) is 10.2 Å². The first-order valence-corrected chi connectivity index (χ1v) is 8.34. The Hall–Kier alpha value is -2.51. The largest absolute Gasteiger partial charge is 0.497 e. The Labute approximate surface area is 153 Å². The van der Waals surface area contributed by atoms with Crippen LogP contribution in [0.3, 0.4) is 0 Å². The molecule has 0 saturated heterocycles. The molecule has 0 bridgehead atoms. The van der Waals surface area contributed by atoms with Gasteiger partial charge < -0.3 is 13.9 Å². The Bertz CT molecular complexity index is 896. The molecule has 0 aliphatic carbocycles. The predicted octanol–water partition coefficient (Wildman–Crippen LogP) is 4.34. The van der Waals surface area contributed by atoms with Gasteiger partial charge in [-0.2, -0.15) is 0 Å². The van der Waals surface area contributed by atoms with E-state index in [1.807, 2.05) is 0 Å². The number of carbonyl (C=O) groups excluding carboxylic acids is 1. The predicted molar refractivity (Wildman–Crippen MR) is 94.5 cm³/mol. The van der Waals surface area contributed by atoms with E-state index in [1.165, 1.54) is 7.11 Å². The van der Waals surface area contributed by atoms with Gasteiger partial charge in [-0.1, -0.05) is 11.6 Å². The molecular weight excluding hydrogens is 364 g/mol. The fourth-order valence-electron chi connectivity index (χ4n) is 2.06. The fraction of sp³-hybridized carbons (Fsp3) is 0.118. The SMILES string of the molecule is COc1ccc(-c2nnc(SC(=O)c3ccc(Cl)cc3)o2)c(OC)c1. The summed E-state index contributed by atoms with van der Waals surface area (Å²) in [7, 11) is 3.10. The van der Waals surface area contributed by atoms with Crippen molar-refractivity contribution in [1.29, 1.82) is 0 Å². The van der Waals surface area contributed by atoms with E-state index in [4.69, 9.17) is 25.5 Å². The number of hydrogen-bond acceptors (Lipinski definition) is 7. The molecule has 0 saturated carbocycles. The Morgan fingerprint density at radius 1 is 1.08 bits per heavy atom. The highest BCUT2D eigenvalue weighted by atomic mass is 35.5. The van der Waals surface area contributed by atoms with E-state index >= 15 is 0 Å². The number of methoxy groups -OCH3 is 2. The van der Waals surface area contributed by atoms with Crippen molar-refractivity contribution >= 4 is 28.5 Å². The lowest BCUT2D eigenvalue weighted by atomic mass is 10.2. The van der Waals surface area contributed by atoms with E-state index in [0.717, 1.165) is 11.8 Å². The highest BCUT2D eigenvalue weighted by molar-refractivity contribution is 8.14. The van der Waals surface area contributed by atoms with Crippen LogP contribution in [0.1, 0.15) is 10.4 Å². The second kappa shape index (κ2) is 7.58. The van der Waals surface area contributed by atoms with Gasteiger partial charge in [-0.05, 0) is 36.4 Å². The van der Waals surface area contributed by atoms with Gasteiger partial charge in [0.2, 0.25) is 5.12 Å². The minimum atomic E-state index is -0.214. The zero-order chi connectivity index (χ0) is 17.8. The number of benzene rings is 2. The summed E-state index contributed by atoms with van der Waals surface area (Å²) in [6, 6.07) is 11.8. The van der Waals surface area contributed by atoms with Crippen LogP contribution >= 0.6 is 23.4 Å². The molecule has 6 nitrogen and oxygen atoms in total. The lowest BCUT2D eigenvalue weighted by Gasteiger charge is -2.07. The summed E-state index contributed by atoms with van der Waals surface area (Å²) in [6.45, 7) is 0. The van der Waals surface area contributed by atoms with Crippen molar-refractivity contribution < 1.29 is 18.7 Å². The number of aromatic nitrogens is 2. The van der Waals surface area contributed by atoms with Crippen molar-refractivity contribution in [1.82, 2.24) is 10.2 Å². The molecule has 0 fully saturated rings. The van der Waals surface area contributed by atoms with Crippen molar-refractivity contribution in [2.75, 3.05) is 14.2 Å². The lowest BCUT2D eigenvalue weighted by Crippen LogP contribution is -1.92. The topological polar surface area (TPSA) is 74.5 Å². The number of hydrogen-bond donors (Lipinski definition) is 0. The van der Waals surface area contributed by atoms with Crippen molar-refractivity contribution in [3.8, 4) is 23.0 Å². The number of nitrogens with zero attached hydrogens (tertiary/aromatic N) is 2. The Balaban J connectivity index is 1.81. The second-order valence-electron chi connectivity index (χ2n) is 4.84. The lowest BCUT2D eigenvalue weighted by molar-refractivity contribution is 0.108. The maximum Gasteiger partial charge on any atom is 0.284 e. The van der Waals surface area contributed by atoms with Gasteiger partial charge >= 0.3 is 0 Å². The number of carbonyl (C=O) groups is 1. The van der Waals surface area contributed by atoms with E-state index < -0.39 is 0 Å². The van der Waals surface area contributed by atoms with Crippen LogP contribution in [0.15, 0.2) is 52.1 Å². The van der Waals surface area contributed by atoms with Crippen LogP contribution in [0.5, 0.6) is 11.5 Å². The molecule has 0 atom stereocenters. The van der Waals surface area contributed by atoms with Crippen LogP contribution in [-0.4, -0.2) is 29.5 Å². The maximum absolute atomic E-state index is 12.2. The molecule has 0 amide bonds. The molecule has 0 aliphatic heterocycles. The van der Waals surface area contributed by atoms with Crippen LogP contribution < -0.4 is 9.47 Å². The van der Waals surface area contributed by atoms with Gasteiger partial charge in [0.25, 0.3) is 11.1 Å². The van der Waals surface area contributed by atoms with Gasteiger partial charge in [0.1, 0.15) is 11.5 Å². The van der Waals surface area contributed by atoms with Crippen LogP contribution in [0.2, 0.25) is 5.02 Å². The third-order valence-electron chi connectivity index (χ3n) is 3.31. The minimum absolute atomic E-state index is 0.146. The van der Waals surface area contributed by atoms with E-state index in [9.17, 15) is 4.79 Å². The minimum Gasteiger partial charge on any atom is -0.497 e. The molecule has 0 aliphatic rings. The quantitative estimate of drug-likeness (QED) is 0.613. The zero-order valence-electron chi connectivity index (χ0n) is 13.4. The van der Waals surface area contributed by atoms with Gasteiger partial charge in [0.15, 0.2) is 0 Å². The Morgan fingerprint density at radius 3 is 2.52 bits per heavy atom. The first-order chi connectivity index (χ1) is 12.1. The van der Waals surface area contributed by atoms with Gasteiger partial charge in [-0.25, -0.2) is 0 Å². The number of rotatable bonds is 5. The average Bonchev–Trinajstić information content (AvgIpc) is 3.09. The van der Waals surface area contributed by atoms with Crippen molar-refractivity contribution in [3.63, 3.8) is 0 Å². The zero-order valence-corrected chi connectivity index (χ0v) is 14.9. The van der Waals surface area contributed by atoms with Crippen molar-refractivity contribution in [2.24, 2.45) is 0 Å². The highest BCUT2D eigenvalue weighted by Crippen LogP contribution is 2.34. The van der Waals surface area contributed by atoms with Crippen molar-refractivity contribution in [3.05, 3.63) is 53.1 Å². The normalized spacial score (nSPS) is 10.5. The van der Waals surface area contributed by atoms with Crippen LogP contribution in [-0.2, 0) is 0 Å². The second-order valence-corrected chi connectivity index (χ2v) is 6.20.